The normalized spacial score (nSPS) is 10.9. The molecule has 0 aliphatic rings. The standard InChI is InChI=1S/C22H23N3O2/c1-17-7-9-21(27-2)18(13-17)8-10-22(26)24-14-19-5-3-4-6-20(19)15-25-12-11-23-16-25/h3-13,16H,14-15H2,1-2H3,(H,24,26)/b10-8+. The molecular formula is C22H23N3O2. The minimum Gasteiger partial charge on any atom is -0.496 e. The van der Waals surface area contributed by atoms with E-state index >= 15 is 0 Å². The van der Waals surface area contributed by atoms with Crippen molar-refractivity contribution in [1.82, 2.24) is 14.9 Å². The Bertz CT molecular complexity index is 930. The zero-order chi connectivity index (χ0) is 19.1. The van der Waals surface area contributed by atoms with E-state index in [0.717, 1.165) is 34.5 Å². The number of imidazole rings is 1. The third-order valence-electron chi connectivity index (χ3n) is 4.28. The van der Waals surface area contributed by atoms with Gasteiger partial charge in [0.2, 0.25) is 5.91 Å². The number of amides is 1. The number of hydrogen-bond acceptors (Lipinski definition) is 3. The van der Waals surface area contributed by atoms with Crippen LogP contribution >= 0.6 is 0 Å². The highest BCUT2D eigenvalue weighted by atomic mass is 16.5. The van der Waals surface area contributed by atoms with Gasteiger partial charge in [-0.15, -0.1) is 0 Å². The van der Waals surface area contributed by atoms with Gasteiger partial charge in [-0.2, -0.15) is 0 Å². The molecule has 0 aliphatic heterocycles. The van der Waals surface area contributed by atoms with E-state index in [9.17, 15) is 4.79 Å². The Kier molecular flexibility index (Phi) is 6.05. The molecule has 0 aliphatic carbocycles. The van der Waals surface area contributed by atoms with E-state index in [2.05, 4.69) is 16.4 Å². The molecule has 1 aromatic heterocycles. The van der Waals surface area contributed by atoms with E-state index in [1.807, 2.05) is 54.1 Å². The van der Waals surface area contributed by atoms with Crippen molar-refractivity contribution >= 4 is 12.0 Å². The fraction of sp³-hybridized carbons (Fsp3) is 0.182. The molecule has 138 valence electrons. The first-order valence-corrected chi connectivity index (χ1v) is 8.79. The van der Waals surface area contributed by atoms with Crippen LogP contribution in [0.4, 0.5) is 0 Å². The zero-order valence-corrected chi connectivity index (χ0v) is 15.6. The van der Waals surface area contributed by atoms with E-state index in [0.29, 0.717) is 6.54 Å². The summed E-state index contributed by atoms with van der Waals surface area (Å²) in [6.45, 7) is 3.20. The molecule has 3 rings (SSSR count). The summed E-state index contributed by atoms with van der Waals surface area (Å²) in [5, 5.41) is 2.95. The molecule has 5 heteroatoms. The summed E-state index contributed by atoms with van der Waals surface area (Å²) in [4.78, 5) is 16.3. The minimum atomic E-state index is -0.143. The number of aryl methyl sites for hydroxylation is 1. The summed E-state index contributed by atoms with van der Waals surface area (Å²) in [6.07, 6.45) is 8.78. The number of nitrogens with zero attached hydrogens (tertiary/aromatic N) is 2. The van der Waals surface area contributed by atoms with E-state index in [1.165, 1.54) is 6.08 Å². The lowest BCUT2D eigenvalue weighted by molar-refractivity contribution is -0.116. The molecule has 27 heavy (non-hydrogen) atoms. The van der Waals surface area contributed by atoms with E-state index in [4.69, 9.17) is 4.74 Å². The van der Waals surface area contributed by atoms with Gasteiger partial charge in [0.25, 0.3) is 0 Å². The molecule has 5 nitrogen and oxygen atoms in total. The highest BCUT2D eigenvalue weighted by molar-refractivity contribution is 5.92. The summed E-state index contributed by atoms with van der Waals surface area (Å²) < 4.78 is 7.34. The van der Waals surface area contributed by atoms with Crippen molar-refractivity contribution in [1.29, 1.82) is 0 Å². The van der Waals surface area contributed by atoms with E-state index in [1.54, 1.807) is 25.7 Å². The van der Waals surface area contributed by atoms with Gasteiger partial charge in [-0.05, 0) is 36.3 Å². The van der Waals surface area contributed by atoms with Gasteiger partial charge in [-0.3, -0.25) is 4.79 Å². The maximum Gasteiger partial charge on any atom is 0.244 e. The summed E-state index contributed by atoms with van der Waals surface area (Å²) >= 11 is 0. The number of rotatable bonds is 7. The van der Waals surface area contributed by atoms with Gasteiger partial charge in [0.1, 0.15) is 5.75 Å². The second-order valence-electron chi connectivity index (χ2n) is 6.30. The lowest BCUT2D eigenvalue weighted by Gasteiger charge is -2.10. The Morgan fingerprint density at radius 2 is 2.04 bits per heavy atom. The Balaban J connectivity index is 1.64. The van der Waals surface area contributed by atoms with Gasteiger partial charge < -0.3 is 14.6 Å². The van der Waals surface area contributed by atoms with Crippen molar-refractivity contribution in [2.45, 2.75) is 20.0 Å². The summed E-state index contributed by atoms with van der Waals surface area (Å²) in [5.74, 6) is 0.603. The predicted molar refractivity (Wildman–Crippen MR) is 106 cm³/mol. The number of hydrogen-bond donors (Lipinski definition) is 1. The fourth-order valence-corrected chi connectivity index (χ4v) is 2.85. The minimum absolute atomic E-state index is 0.143. The topological polar surface area (TPSA) is 56.1 Å². The maximum absolute atomic E-state index is 12.2. The second kappa shape index (κ2) is 8.85. The van der Waals surface area contributed by atoms with Gasteiger partial charge in [0, 0.05) is 37.1 Å². The SMILES string of the molecule is COc1ccc(C)cc1/C=C/C(=O)NCc1ccccc1Cn1ccnc1. The van der Waals surface area contributed by atoms with Crippen LogP contribution in [0, 0.1) is 6.92 Å². The first-order valence-electron chi connectivity index (χ1n) is 8.79. The number of ether oxygens (including phenoxy) is 1. The Morgan fingerprint density at radius 3 is 2.78 bits per heavy atom. The van der Waals surface area contributed by atoms with Crippen LogP contribution in [-0.4, -0.2) is 22.6 Å². The molecular weight excluding hydrogens is 338 g/mol. The average molecular weight is 361 g/mol. The second-order valence-corrected chi connectivity index (χ2v) is 6.30. The van der Waals surface area contributed by atoms with Crippen LogP contribution in [-0.2, 0) is 17.9 Å². The first kappa shape index (κ1) is 18.5. The van der Waals surface area contributed by atoms with Gasteiger partial charge in [0.15, 0.2) is 0 Å². The molecule has 1 N–H and O–H groups in total. The molecule has 0 saturated heterocycles. The molecule has 0 atom stereocenters. The van der Waals surface area contributed by atoms with E-state index in [-0.39, 0.29) is 5.91 Å². The van der Waals surface area contributed by atoms with Crippen LogP contribution in [0.2, 0.25) is 0 Å². The molecule has 3 aromatic rings. The molecule has 0 radical (unpaired) electrons. The number of carbonyl (C=O) groups is 1. The molecule has 2 aromatic carbocycles. The monoisotopic (exact) mass is 361 g/mol. The quantitative estimate of drug-likeness (QED) is 0.655. The van der Waals surface area contributed by atoms with Gasteiger partial charge in [-0.25, -0.2) is 4.98 Å². The van der Waals surface area contributed by atoms with Crippen molar-refractivity contribution in [3.63, 3.8) is 0 Å². The number of carbonyl (C=O) groups excluding carboxylic acids is 1. The third-order valence-corrected chi connectivity index (χ3v) is 4.28. The van der Waals surface area contributed by atoms with Crippen molar-refractivity contribution in [3.05, 3.63) is 89.5 Å². The first-order chi connectivity index (χ1) is 13.2. The van der Waals surface area contributed by atoms with E-state index < -0.39 is 0 Å². The highest BCUT2D eigenvalue weighted by Crippen LogP contribution is 2.20. The Hall–Kier alpha value is -3.34. The summed E-state index contributed by atoms with van der Waals surface area (Å²) in [7, 11) is 1.62. The summed E-state index contributed by atoms with van der Waals surface area (Å²) in [6, 6.07) is 13.9. The molecule has 0 bridgehead atoms. The van der Waals surface area contributed by atoms with Crippen molar-refractivity contribution < 1.29 is 9.53 Å². The van der Waals surface area contributed by atoms with Crippen LogP contribution in [0.5, 0.6) is 5.75 Å². The summed E-state index contributed by atoms with van der Waals surface area (Å²) in [5.41, 5.74) is 4.23. The Morgan fingerprint density at radius 1 is 1.22 bits per heavy atom. The molecule has 0 saturated carbocycles. The highest BCUT2D eigenvalue weighted by Gasteiger charge is 2.05. The van der Waals surface area contributed by atoms with Crippen molar-refractivity contribution in [3.8, 4) is 5.75 Å². The number of aromatic nitrogens is 2. The zero-order valence-electron chi connectivity index (χ0n) is 15.6. The van der Waals surface area contributed by atoms with Gasteiger partial charge in [0.05, 0.1) is 13.4 Å². The average Bonchev–Trinajstić information content (AvgIpc) is 3.19. The largest absolute Gasteiger partial charge is 0.496 e. The predicted octanol–water partition coefficient (Wildman–Crippen LogP) is 3.58. The van der Waals surface area contributed by atoms with Crippen LogP contribution < -0.4 is 10.1 Å². The van der Waals surface area contributed by atoms with Crippen molar-refractivity contribution in [2.24, 2.45) is 0 Å². The fourth-order valence-electron chi connectivity index (χ4n) is 2.85. The number of methoxy groups -OCH3 is 1. The van der Waals surface area contributed by atoms with Gasteiger partial charge >= 0.3 is 0 Å². The molecule has 0 unspecified atom stereocenters. The van der Waals surface area contributed by atoms with Crippen molar-refractivity contribution in [2.75, 3.05) is 7.11 Å². The molecule has 0 spiro atoms. The third kappa shape index (κ3) is 5.07. The maximum atomic E-state index is 12.2. The molecule has 1 amide bonds. The smallest absolute Gasteiger partial charge is 0.244 e. The van der Waals surface area contributed by atoms with Crippen LogP contribution in [0.1, 0.15) is 22.3 Å². The van der Waals surface area contributed by atoms with Crippen LogP contribution in [0.3, 0.4) is 0 Å². The van der Waals surface area contributed by atoms with Crippen LogP contribution in [0.25, 0.3) is 6.08 Å². The number of nitrogens with one attached hydrogen (secondary N) is 1. The van der Waals surface area contributed by atoms with Gasteiger partial charge in [-0.1, -0.05) is 35.9 Å². The number of benzene rings is 2. The lowest BCUT2D eigenvalue weighted by atomic mass is 10.1. The Labute approximate surface area is 159 Å². The molecule has 1 heterocycles. The van der Waals surface area contributed by atoms with Crippen LogP contribution in [0.15, 0.2) is 67.3 Å². The lowest BCUT2D eigenvalue weighted by Crippen LogP contribution is -2.21. The molecule has 0 fully saturated rings.